The van der Waals surface area contributed by atoms with Gasteiger partial charge in [0.15, 0.2) is 5.25 Å². The van der Waals surface area contributed by atoms with Crippen molar-refractivity contribution in [2.24, 2.45) is 0 Å². The third-order valence-corrected chi connectivity index (χ3v) is 4.45. The van der Waals surface area contributed by atoms with Crippen LogP contribution in [-0.2, 0) is 10.0 Å². The van der Waals surface area contributed by atoms with Crippen LogP contribution in [0.2, 0.25) is 0 Å². The molecule has 0 fully saturated rings. The molecule has 0 aliphatic carbocycles. The van der Waals surface area contributed by atoms with E-state index in [2.05, 4.69) is 4.72 Å². The molecule has 0 amide bonds. The lowest BCUT2D eigenvalue weighted by Crippen LogP contribution is -2.26. The highest BCUT2D eigenvalue weighted by Gasteiger charge is 2.23. The molecule has 6 heteroatoms. The number of nitrogens with one attached hydrogen (secondary N) is 1. The van der Waals surface area contributed by atoms with E-state index in [1.165, 1.54) is 0 Å². The van der Waals surface area contributed by atoms with Crippen LogP contribution in [0.15, 0.2) is 12.1 Å². The second kappa shape index (κ2) is 5.27. The predicted octanol–water partition coefficient (Wildman–Crippen LogP) is 1.93. The molecular formula is C12H17N3O2S. The zero-order valence-electron chi connectivity index (χ0n) is 10.7. The number of nitrogens with two attached hydrogens (primary N) is 1. The highest BCUT2D eigenvalue weighted by Crippen LogP contribution is 2.24. The lowest BCUT2D eigenvalue weighted by molar-refractivity contribution is 0.593. The summed E-state index contributed by atoms with van der Waals surface area (Å²) in [7, 11) is -3.69. The zero-order valence-corrected chi connectivity index (χ0v) is 11.5. The summed E-state index contributed by atoms with van der Waals surface area (Å²) in [6.07, 6.45) is 0.242. The van der Waals surface area contributed by atoms with Crippen molar-refractivity contribution < 1.29 is 8.42 Å². The molecule has 0 aromatic heterocycles. The standard InChI is InChI=1S/C12H17N3O2S/c1-4-10(7-13)18(16,17)15-12-6-11(14)8(2)5-9(12)3/h5-6,10,15H,4,14H2,1-3H3. The van der Waals surface area contributed by atoms with Gasteiger partial charge in [0, 0.05) is 5.69 Å². The largest absolute Gasteiger partial charge is 0.398 e. The molecule has 18 heavy (non-hydrogen) atoms. The first-order valence-electron chi connectivity index (χ1n) is 5.59. The van der Waals surface area contributed by atoms with Crippen molar-refractivity contribution in [3.63, 3.8) is 0 Å². The number of benzene rings is 1. The number of hydrogen-bond donors (Lipinski definition) is 2. The van der Waals surface area contributed by atoms with Gasteiger partial charge in [-0.25, -0.2) is 8.42 Å². The minimum atomic E-state index is -3.69. The molecule has 0 radical (unpaired) electrons. The summed E-state index contributed by atoms with van der Waals surface area (Å²) in [5, 5.41) is 7.76. The lowest BCUT2D eigenvalue weighted by Gasteiger charge is -2.14. The smallest absolute Gasteiger partial charge is 0.249 e. The zero-order chi connectivity index (χ0) is 13.9. The van der Waals surface area contributed by atoms with E-state index in [1.54, 1.807) is 32.0 Å². The van der Waals surface area contributed by atoms with E-state index in [-0.39, 0.29) is 6.42 Å². The van der Waals surface area contributed by atoms with E-state index in [0.717, 1.165) is 11.1 Å². The molecule has 0 spiro atoms. The lowest BCUT2D eigenvalue weighted by atomic mass is 10.1. The Morgan fingerprint density at radius 2 is 2.00 bits per heavy atom. The molecule has 1 unspecified atom stereocenters. The number of sulfonamides is 1. The van der Waals surface area contributed by atoms with E-state index in [4.69, 9.17) is 11.0 Å². The first kappa shape index (κ1) is 14.3. The van der Waals surface area contributed by atoms with Crippen LogP contribution in [0.5, 0.6) is 0 Å². The molecule has 0 aliphatic rings. The molecule has 0 saturated carbocycles. The fourth-order valence-corrected chi connectivity index (χ4v) is 2.83. The number of nitriles is 1. The number of rotatable bonds is 4. The van der Waals surface area contributed by atoms with Crippen molar-refractivity contribution in [2.45, 2.75) is 32.4 Å². The number of nitrogen functional groups attached to an aromatic ring is 1. The van der Waals surface area contributed by atoms with E-state index in [0.29, 0.717) is 11.4 Å². The van der Waals surface area contributed by atoms with Crippen LogP contribution in [0.3, 0.4) is 0 Å². The van der Waals surface area contributed by atoms with E-state index >= 15 is 0 Å². The highest BCUT2D eigenvalue weighted by atomic mass is 32.2. The first-order valence-corrected chi connectivity index (χ1v) is 7.14. The third-order valence-electron chi connectivity index (χ3n) is 2.75. The Bertz CT molecular complexity index is 588. The van der Waals surface area contributed by atoms with Gasteiger partial charge in [-0.1, -0.05) is 13.0 Å². The molecular weight excluding hydrogens is 250 g/mol. The van der Waals surface area contributed by atoms with Crippen LogP contribution in [-0.4, -0.2) is 13.7 Å². The fraction of sp³-hybridized carbons (Fsp3) is 0.417. The molecule has 98 valence electrons. The van der Waals surface area contributed by atoms with Crippen LogP contribution in [0.1, 0.15) is 24.5 Å². The molecule has 0 bridgehead atoms. The van der Waals surface area contributed by atoms with Crippen LogP contribution >= 0.6 is 0 Å². The van der Waals surface area contributed by atoms with E-state index in [9.17, 15) is 8.42 Å². The SMILES string of the molecule is CCC(C#N)S(=O)(=O)Nc1cc(N)c(C)cc1C. The monoisotopic (exact) mass is 267 g/mol. The average Bonchev–Trinajstić information content (AvgIpc) is 2.26. The number of aryl methyl sites for hydroxylation is 2. The second-order valence-electron chi connectivity index (χ2n) is 4.20. The Kier molecular flexibility index (Phi) is 4.19. The van der Waals surface area contributed by atoms with Gasteiger partial charge in [-0.05, 0) is 37.5 Å². The number of anilines is 2. The minimum Gasteiger partial charge on any atom is -0.398 e. The van der Waals surface area contributed by atoms with Crippen molar-refractivity contribution in [1.82, 2.24) is 0 Å². The summed E-state index contributed by atoms with van der Waals surface area (Å²) in [6, 6.07) is 5.16. The molecule has 1 aromatic carbocycles. The van der Waals surface area contributed by atoms with Crippen molar-refractivity contribution in [3.8, 4) is 6.07 Å². The van der Waals surface area contributed by atoms with Crippen molar-refractivity contribution >= 4 is 21.4 Å². The van der Waals surface area contributed by atoms with Crippen molar-refractivity contribution in [1.29, 1.82) is 5.26 Å². The van der Waals surface area contributed by atoms with Gasteiger partial charge in [-0.3, -0.25) is 4.72 Å². The predicted molar refractivity (Wildman–Crippen MR) is 72.6 cm³/mol. The Labute approximate surface area is 108 Å². The molecule has 1 rings (SSSR count). The van der Waals surface area contributed by atoms with Gasteiger partial charge in [0.25, 0.3) is 0 Å². The first-order chi connectivity index (χ1) is 8.31. The van der Waals surface area contributed by atoms with Gasteiger partial charge >= 0.3 is 0 Å². The van der Waals surface area contributed by atoms with E-state index in [1.807, 2.05) is 6.92 Å². The van der Waals surface area contributed by atoms with Crippen LogP contribution in [0.4, 0.5) is 11.4 Å². The van der Waals surface area contributed by atoms with Crippen molar-refractivity contribution in [2.75, 3.05) is 10.5 Å². The molecule has 1 aromatic rings. The molecule has 1 atom stereocenters. The molecule has 0 aliphatic heterocycles. The quantitative estimate of drug-likeness (QED) is 0.815. The molecule has 0 heterocycles. The van der Waals surface area contributed by atoms with Gasteiger partial charge in [-0.15, -0.1) is 0 Å². The summed E-state index contributed by atoms with van der Waals surface area (Å²) in [4.78, 5) is 0. The number of nitrogens with zero attached hydrogens (tertiary/aromatic N) is 1. The molecule has 0 saturated heterocycles. The van der Waals surface area contributed by atoms with Crippen molar-refractivity contribution in [3.05, 3.63) is 23.3 Å². The Balaban J connectivity index is 3.13. The summed E-state index contributed by atoms with van der Waals surface area (Å²) in [5.41, 5.74) is 8.36. The summed E-state index contributed by atoms with van der Waals surface area (Å²) in [6.45, 7) is 5.30. The van der Waals surface area contributed by atoms with Crippen LogP contribution < -0.4 is 10.5 Å². The Hall–Kier alpha value is -1.74. The normalized spacial score (nSPS) is 12.8. The minimum absolute atomic E-state index is 0.242. The summed E-state index contributed by atoms with van der Waals surface area (Å²) in [5.74, 6) is 0. The second-order valence-corrected chi connectivity index (χ2v) is 6.06. The van der Waals surface area contributed by atoms with Crippen LogP contribution in [0.25, 0.3) is 0 Å². The Morgan fingerprint density at radius 3 is 2.50 bits per heavy atom. The summed E-state index contributed by atoms with van der Waals surface area (Å²) >= 11 is 0. The maximum atomic E-state index is 11.9. The Morgan fingerprint density at radius 1 is 1.39 bits per heavy atom. The maximum Gasteiger partial charge on any atom is 0.249 e. The van der Waals surface area contributed by atoms with Gasteiger partial charge in [0.05, 0.1) is 11.8 Å². The van der Waals surface area contributed by atoms with Gasteiger partial charge < -0.3 is 5.73 Å². The topological polar surface area (TPSA) is 96.0 Å². The molecule has 3 N–H and O–H groups in total. The number of hydrogen-bond acceptors (Lipinski definition) is 4. The van der Waals surface area contributed by atoms with Gasteiger partial charge in [-0.2, -0.15) is 5.26 Å². The van der Waals surface area contributed by atoms with Gasteiger partial charge in [0.2, 0.25) is 10.0 Å². The highest BCUT2D eigenvalue weighted by molar-refractivity contribution is 7.93. The fourth-order valence-electron chi connectivity index (χ4n) is 1.58. The average molecular weight is 267 g/mol. The maximum absolute atomic E-state index is 11.9. The van der Waals surface area contributed by atoms with Gasteiger partial charge in [0.1, 0.15) is 0 Å². The molecule has 5 nitrogen and oxygen atoms in total. The summed E-state index contributed by atoms with van der Waals surface area (Å²) < 4.78 is 26.3. The van der Waals surface area contributed by atoms with Crippen LogP contribution in [0, 0.1) is 25.2 Å². The van der Waals surface area contributed by atoms with E-state index < -0.39 is 15.3 Å². The third kappa shape index (κ3) is 2.93.